The van der Waals surface area contributed by atoms with Crippen LogP contribution < -0.4 is 10.6 Å². The molecule has 0 saturated heterocycles. The molecule has 1 heterocycles. The van der Waals surface area contributed by atoms with E-state index in [0.29, 0.717) is 41.1 Å². The van der Waals surface area contributed by atoms with Gasteiger partial charge < -0.3 is 15.1 Å². The summed E-state index contributed by atoms with van der Waals surface area (Å²) in [6, 6.07) is 6.56. The first kappa shape index (κ1) is 14.6. The fourth-order valence-electron chi connectivity index (χ4n) is 1.94. The summed E-state index contributed by atoms with van der Waals surface area (Å²) in [5.74, 6) is 0.605. The minimum atomic E-state index is 0.438. The summed E-state index contributed by atoms with van der Waals surface area (Å²) in [6.45, 7) is 1.29. The predicted molar refractivity (Wildman–Crippen MR) is 82.8 cm³/mol. The van der Waals surface area contributed by atoms with Crippen molar-refractivity contribution >= 4 is 29.2 Å². The van der Waals surface area contributed by atoms with Crippen LogP contribution in [0.1, 0.15) is 24.3 Å². The van der Waals surface area contributed by atoms with Gasteiger partial charge in [0.2, 0.25) is 5.89 Å². The average Bonchev–Trinajstić information content (AvgIpc) is 3.18. The molecule has 0 unspecified atom stereocenters. The summed E-state index contributed by atoms with van der Waals surface area (Å²) in [7, 11) is 0. The molecule has 112 valence electrons. The van der Waals surface area contributed by atoms with Crippen molar-refractivity contribution in [1.82, 2.24) is 15.5 Å². The third kappa shape index (κ3) is 4.33. The van der Waals surface area contributed by atoms with Crippen molar-refractivity contribution in [3.05, 3.63) is 39.7 Å². The molecular formula is C14H16Cl2N4O. The maximum atomic E-state index is 6.12. The summed E-state index contributed by atoms with van der Waals surface area (Å²) >= 11 is 12.0. The second-order valence-electron chi connectivity index (χ2n) is 5.07. The third-order valence-electron chi connectivity index (χ3n) is 3.27. The Bertz CT molecular complexity index is 613. The molecule has 5 nitrogen and oxygen atoms in total. The lowest BCUT2D eigenvalue weighted by Crippen LogP contribution is -2.15. The number of aromatic nitrogens is 2. The molecule has 7 heteroatoms. The number of halogens is 2. The van der Waals surface area contributed by atoms with Crippen LogP contribution in [0, 0.1) is 0 Å². The Balaban J connectivity index is 1.46. The van der Waals surface area contributed by atoms with Gasteiger partial charge in [-0.25, -0.2) is 0 Å². The molecule has 0 radical (unpaired) electrons. The highest BCUT2D eigenvalue weighted by Crippen LogP contribution is 2.21. The van der Waals surface area contributed by atoms with Crippen molar-refractivity contribution in [3.63, 3.8) is 0 Å². The van der Waals surface area contributed by atoms with Crippen LogP contribution in [0.2, 0.25) is 10.0 Å². The zero-order valence-electron chi connectivity index (χ0n) is 11.4. The Labute approximate surface area is 133 Å². The molecule has 2 aromatic rings. The molecule has 0 amide bonds. The lowest BCUT2D eigenvalue weighted by Gasteiger charge is -2.04. The molecule has 1 saturated carbocycles. The van der Waals surface area contributed by atoms with E-state index in [-0.39, 0.29) is 0 Å². The van der Waals surface area contributed by atoms with Gasteiger partial charge in [-0.1, -0.05) is 34.4 Å². The first-order valence-corrected chi connectivity index (χ1v) is 7.70. The monoisotopic (exact) mass is 326 g/mol. The van der Waals surface area contributed by atoms with E-state index in [9.17, 15) is 0 Å². The van der Waals surface area contributed by atoms with E-state index in [0.717, 1.165) is 12.0 Å². The number of benzene rings is 1. The Morgan fingerprint density at radius 3 is 2.86 bits per heavy atom. The molecule has 0 atom stereocenters. The molecular weight excluding hydrogens is 311 g/mol. The van der Waals surface area contributed by atoms with E-state index in [4.69, 9.17) is 27.6 Å². The fourth-order valence-corrected chi connectivity index (χ4v) is 2.45. The van der Waals surface area contributed by atoms with Crippen molar-refractivity contribution in [3.8, 4) is 0 Å². The van der Waals surface area contributed by atoms with Gasteiger partial charge >= 0.3 is 6.01 Å². The first-order chi connectivity index (χ1) is 10.2. The third-order valence-corrected chi connectivity index (χ3v) is 3.86. The van der Waals surface area contributed by atoms with Gasteiger partial charge in [-0.3, -0.25) is 0 Å². The van der Waals surface area contributed by atoms with Crippen LogP contribution in [0.5, 0.6) is 0 Å². The van der Waals surface area contributed by atoms with Crippen LogP contribution in [0.15, 0.2) is 22.6 Å². The van der Waals surface area contributed by atoms with Gasteiger partial charge in [-0.15, -0.1) is 5.10 Å². The predicted octanol–water partition coefficient (Wildman–Crippen LogP) is 3.28. The topological polar surface area (TPSA) is 63.0 Å². The van der Waals surface area contributed by atoms with Gasteiger partial charge in [0.15, 0.2) is 0 Å². The first-order valence-electron chi connectivity index (χ1n) is 6.94. The van der Waals surface area contributed by atoms with E-state index < -0.39 is 0 Å². The van der Waals surface area contributed by atoms with Gasteiger partial charge in [-0.2, -0.15) is 0 Å². The van der Waals surface area contributed by atoms with Crippen molar-refractivity contribution in [1.29, 1.82) is 0 Å². The highest BCUT2D eigenvalue weighted by Gasteiger charge is 2.21. The molecule has 1 aliphatic carbocycles. The Morgan fingerprint density at radius 2 is 2.10 bits per heavy atom. The molecule has 21 heavy (non-hydrogen) atoms. The van der Waals surface area contributed by atoms with Crippen molar-refractivity contribution in [2.24, 2.45) is 0 Å². The number of nitrogens with zero attached hydrogens (tertiary/aromatic N) is 2. The van der Waals surface area contributed by atoms with E-state index in [1.165, 1.54) is 12.8 Å². The second kappa shape index (κ2) is 6.64. The number of hydrogen-bond donors (Lipinski definition) is 2. The van der Waals surface area contributed by atoms with Crippen LogP contribution in [0.4, 0.5) is 6.01 Å². The Hall–Kier alpha value is -1.30. The van der Waals surface area contributed by atoms with Gasteiger partial charge in [-0.05, 0) is 37.0 Å². The highest BCUT2D eigenvalue weighted by atomic mass is 35.5. The summed E-state index contributed by atoms with van der Waals surface area (Å²) in [5.41, 5.74) is 1.03. The van der Waals surface area contributed by atoms with Gasteiger partial charge in [0.1, 0.15) is 0 Å². The zero-order chi connectivity index (χ0) is 14.7. The molecule has 3 rings (SSSR count). The molecule has 1 aromatic heterocycles. The van der Waals surface area contributed by atoms with E-state index >= 15 is 0 Å². The number of anilines is 1. The van der Waals surface area contributed by atoms with Gasteiger partial charge in [0.05, 0.1) is 6.54 Å². The molecule has 0 spiro atoms. The fraction of sp³-hybridized carbons (Fsp3) is 0.429. The normalized spacial score (nSPS) is 14.4. The summed E-state index contributed by atoms with van der Waals surface area (Å²) in [4.78, 5) is 0. The summed E-state index contributed by atoms with van der Waals surface area (Å²) < 4.78 is 5.50. The van der Waals surface area contributed by atoms with E-state index in [1.54, 1.807) is 6.07 Å². The minimum absolute atomic E-state index is 0.438. The Morgan fingerprint density at radius 1 is 1.24 bits per heavy atom. The van der Waals surface area contributed by atoms with Gasteiger partial charge in [0.25, 0.3) is 0 Å². The lowest BCUT2D eigenvalue weighted by atomic mass is 10.1. The standard InChI is InChI=1S/C14H16Cl2N4O/c15-10-2-1-9(12(16)7-10)5-6-17-14-20-19-13(21-14)8-18-11-3-4-11/h1-2,7,11,18H,3-6,8H2,(H,17,20). The molecule has 0 aliphatic heterocycles. The lowest BCUT2D eigenvalue weighted by molar-refractivity contribution is 0.476. The summed E-state index contributed by atoms with van der Waals surface area (Å²) in [6.07, 6.45) is 3.23. The Kier molecular flexibility index (Phi) is 4.63. The van der Waals surface area contributed by atoms with E-state index in [1.807, 2.05) is 12.1 Å². The van der Waals surface area contributed by atoms with Crippen LogP contribution in [-0.4, -0.2) is 22.8 Å². The molecule has 1 aromatic carbocycles. The second-order valence-corrected chi connectivity index (χ2v) is 5.91. The van der Waals surface area contributed by atoms with Crippen LogP contribution in [-0.2, 0) is 13.0 Å². The average molecular weight is 327 g/mol. The SMILES string of the molecule is Clc1ccc(CCNc2nnc(CNC3CC3)o2)c(Cl)c1. The maximum Gasteiger partial charge on any atom is 0.315 e. The van der Waals surface area contributed by atoms with Crippen molar-refractivity contribution in [2.75, 3.05) is 11.9 Å². The number of nitrogens with one attached hydrogen (secondary N) is 2. The molecule has 0 bridgehead atoms. The van der Waals surface area contributed by atoms with Crippen LogP contribution in [0.25, 0.3) is 0 Å². The molecule has 1 fully saturated rings. The van der Waals surface area contributed by atoms with Gasteiger partial charge in [0, 0.05) is 22.6 Å². The minimum Gasteiger partial charge on any atom is -0.407 e. The molecule has 2 N–H and O–H groups in total. The summed E-state index contributed by atoms with van der Waals surface area (Å²) in [5, 5.41) is 15.7. The zero-order valence-corrected chi connectivity index (χ0v) is 12.9. The van der Waals surface area contributed by atoms with Crippen molar-refractivity contribution in [2.45, 2.75) is 31.8 Å². The maximum absolute atomic E-state index is 6.12. The van der Waals surface area contributed by atoms with Crippen molar-refractivity contribution < 1.29 is 4.42 Å². The quantitative estimate of drug-likeness (QED) is 0.817. The van der Waals surface area contributed by atoms with Crippen LogP contribution >= 0.6 is 23.2 Å². The van der Waals surface area contributed by atoms with E-state index in [2.05, 4.69) is 20.8 Å². The molecule has 1 aliphatic rings. The highest BCUT2D eigenvalue weighted by molar-refractivity contribution is 6.35. The largest absolute Gasteiger partial charge is 0.407 e. The van der Waals surface area contributed by atoms with Crippen LogP contribution in [0.3, 0.4) is 0 Å². The number of rotatable bonds is 7. The smallest absolute Gasteiger partial charge is 0.315 e. The number of hydrogen-bond acceptors (Lipinski definition) is 5.